The molecule has 0 spiro atoms. The third kappa shape index (κ3) is 4.39. The molecule has 1 saturated carbocycles. The fourth-order valence-corrected chi connectivity index (χ4v) is 5.13. The van der Waals surface area contributed by atoms with Gasteiger partial charge < -0.3 is 20.5 Å². The van der Waals surface area contributed by atoms with Crippen LogP contribution in [-0.4, -0.2) is 56.5 Å². The van der Waals surface area contributed by atoms with Crippen molar-refractivity contribution in [1.82, 2.24) is 25.2 Å². The van der Waals surface area contributed by atoms with Gasteiger partial charge in [0.2, 0.25) is 5.95 Å². The lowest BCUT2D eigenvalue weighted by Crippen LogP contribution is -2.50. The number of piperidine rings is 1. The van der Waals surface area contributed by atoms with Crippen LogP contribution >= 0.6 is 0 Å². The zero-order valence-electron chi connectivity index (χ0n) is 19.6. The van der Waals surface area contributed by atoms with Crippen molar-refractivity contribution in [2.75, 3.05) is 18.4 Å². The fraction of sp³-hybridized carbons (Fsp3) is 0.625. The highest BCUT2D eigenvalue weighted by molar-refractivity contribution is 5.97. The second-order valence-electron chi connectivity index (χ2n) is 10.3. The second-order valence-corrected chi connectivity index (χ2v) is 10.3. The summed E-state index contributed by atoms with van der Waals surface area (Å²) in [5, 5.41) is 6.64. The van der Waals surface area contributed by atoms with Crippen molar-refractivity contribution in [3.05, 3.63) is 29.2 Å². The molecular weight excluding hydrogens is 445 g/mol. The second kappa shape index (κ2) is 8.55. The van der Waals surface area contributed by atoms with Gasteiger partial charge in [-0.1, -0.05) is 0 Å². The van der Waals surface area contributed by atoms with Crippen LogP contribution in [0, 0.1) is 0 Å². The Morgan fingerprint density at radius 3 is 2.65 bits per heavy atom. The van der Waals surface area contributed by atoms with Gasteiger partial charge in [-0.2, -0.15) is 13.2 Å². The number of aromatic amines is 1. The number of alkyl halides is 3. The van der Waals surface area contributed by atoms with E-state index in [9.17, 15) is 18.0 Å². The van der Waals surface area contributed by atoms with Gasteiger partial charge in [-0.3, -0.25) is 4.79 Å². The summed E-state index contributed by atoms with van der Waals surface area (Å²) in [6.07, 6.45) is 3.85. The van der Waals surface area contributed by atoms with Crippen LogP contribution < -0.4 is 10.6 Å². The summed E-state index contributed by atoms with van der Waals surface area (Å²) in [5.41, 5.74) is 0.293. The number of halogens is 3. The molecule has 1 aliphatic carbocycles. The summed E-state index contributed by atoms with van der Waals surface area (Å²) >= 11 is 0. The number of anilines is 1. The van der Waals surface area contributed by atoms with Gasteiger partial charge in [0.05, 0.1) is 5.69 Å². The Labute approximate surface area is 196 Å². The molecule has 1 saturated heterocycles. The van der Waals surface area contributed by atoms with Gasteiger partial charge in [0.1, 0.15) is 11.3 Å². The standard InChI is InChI=1S/C24H31F3N6O/c1-23(2)9-8-14(11-30-23)31-22-29-13-18(24(25,26)27)19(32-22)17-12-28-20-16(17)7-4-10-33(21(20)34)15-5-3-6-15/h12-15,28,30H,3-11H2,1-2H3,(H,29,31,32). The highest BCUT2D eigenvalue weighted by atomic mass is 19.4. The van der Waals surface area contributed by atoms with Crippen LogP contribution in [0.3, 0.4) is 0 Å². The first kappa shape index (κ1) is 23.1. The number of rotatable bonds is 4. The number of nitrogens with one attached hydrogen (secondary N) is 3. The molecule has 3 N–H and O–H groups in total. The Hall–Kier alpha value is -2.62. The topological polar surface area (TPSA) is 85.9 Å². The summed E-state index contributed by atoms with van der Waals surface area (Å²) in [6, 6.07) is 0.262. The van der Waals surface area contributed by atoms with E-state index in [2.05, 4.69) is 39.4 Å². The van der Waals surface area contributed by atoms with Gasteiger partial charge in [-0.05, 0) is 64.4 Å². The lowest BCUT2D eigenvalue weighted by Gasteiger charge is -2.36. The van der Waals surface area contributed by atoms with Gasteiger partial charge in [0.25, 0.3) is 5.91 Å². The maximum atomic E-state index is 13.9. The molecule has 1 unspecified atom stereocenters. The predicted molar refractivity (Wildman–Crippen MR) is 123 cm³/mol. The molecule has 1 amide bonds. The number of aromatic nitrogens is 3. The van der Waals surface area contributed by atoms with E-state index in [0.717, 1.165) is 38.3 Å². The average Bonchev–Trinajstić information content (AvgIpc) is 3.09. The van der Waals surface area contributed by atoms with Crippen LogP contribution in [0.2, 0.25) is 0 Å². The quantitative estimate of drug-likeness (QED) is 0.610. The smallest absolute Gasteiger partial charge is 0.356 e. The summed E-state index contributed by atoms with van der Waals surface area (Å²) < 4.78 is 41.8. The maximum absolute atomic E-state index is 13.9. The van der Waals surface area contributed by atoms with Crippen molar-refractivity contribution >= 4 is 11.9 Å². The molecule has 1 atom stereocenters. The molecule has 2 aromatic heterocycles. The Balaban J connectivity index is 1.48. The minimum absolute atomic E-state index is 0.0264. The predicted octanol–water partition coefficient (Wildman–Crippen LogP) is 4.37. The zero-order valence-corrected chi connectivity index (χ0v) is 19.6. The summed E-state index contributed by atoms with van der Waals surface area (Å²) in [6.45, 7) is 5.55. The van der Waals surface area contributed by atoms with E-state index in [1.807, 2.05) is 4.90 Å². The first-order chi connectivity index (χ1) is 16.1. The highest BCUT2D eigenvalue weighted by Gasteiger charge is 2.39. The van der Waals surface area contributed by atoms with Crippen LogP contribution in [0.5, 0.6) is 0 Å². The summed E-state index contributed by atoms with van der Waals surface area (Å²) in [7, 11) is 0. The monoisotopic (exact) mass is 476 g/mol. The molecule has 2 fully saturated rings. The number of amides is 1. The van der Waals surface area contributed by atoms with Gasteiger partial charge in [0, 0.05) is 48.7 Å². The van der Waals surface area contributed by atoms with Crippen LogP contribution in [0.1, 0.15) is 74.0 Å². The highest BCUT2D eigenvalue weighted by Crippen LogP contribution is 2.39. The Morgan fingerprint density at radius 1 is 1.21 bits per heavy atom. The van der Waals surface area contributed by atoms with Crippen molar-refractivity contribution < 1.29 is 18.0 Å². The van der Waals surface area contributed by atoms with E-state index in [0.29, 0.717) is 42.8 Å². The first-order valence-corrected chi connectivity index (χ1v) is 12.1. The van der Waals surface area contributed by atoms with Gasteiger partial charge in [-0.15, -0.1) is 0 Å². The lowest BCUT2D eigenvalue weighted by molar-refractivity contribution is -0.137. The third-order valence-corrected chi connectivity index (χ3v) is 7.43. The Bertz CT molecular complexity index is 1070. The Morgan fingerprint density at radius 2 is 2.00 bits per heavy atom. The molecule has 34 heavy (non-hydrogen) atoms. The third-order valence-electron chi connectivity index (χ3n) is 7.43. The van der Waals surface area contributed by atoms with Gasteiger partial charge >= 0.3 is 6.18 Å². The minimum Gasteiger partial charge on any atom is -0.356 e. The van der Waals surface area contributed by atoms with E-state index < -0.39 is 11.7 Å². The SMILES string of the molecule is CC1(C)CCC(Nc2ncc(C(F)(F)F)c(-c3c[nH]c4c3CCCN(C3CCC3)C4=O)n2)CN1. The van der Waals surface area contributed by atoms with Crippen molar-refractivity contribution in [2.24, 2.45) is 0 Å². The zero-order chi connectivity index (χ0) is 24.1. The van der Waals surface area contributed by atoms with Crippen molar-refractivity contribution in [3.63, 3.8) is 0 Å². The minimum atomic E-state index is -4.61. The number of hydrogen-bond acceptors (Lipinski definition) is 5. The fourth-order valence-electron chi connectivity index (χ4n) is 5.13. The molecule has 2 aliphatic heterocycles. The van der Waals surface area contributed by atoms with Crippen LogP contribution in [-0.2, 0) is 12.6 Å². The molecule has 10 heteroatoms. The first-order valence-electron chi connectivity index (χ1n) is 12.1. The number of carbonyl (C=O) groups is 1. The molecule has 3 aliphatic rings. The van der Waals surface area contributed by atoms with Crippen LogP contribution in [0.4, 0.5) is 19.1 Å². The van der Waals surface area contributed by atoms with E-state index in [4.69, 9.17) is 0 Å². The van der Waals surface area contributed by atoms with E-state index >= 15 is 0 Å². The Kier molecular flexibility index (Phi) is 5.82. The lowest BCUT2D eigenvalue weighted by atomic mass is 9.91. The molecule has 0 radical (unpaired) electrons. The molecular formula is C24H31F3N6O. The van der Waals surface area contributed by atoms with E-state index in [1.54, 1.807) is 0 Å². The summed E-state index contributed by atoms with van der Waals surface area (Å²) in [4.78, 5) is 26.4. The van der Waals surface area contributed by atoms with Crippen molar-refractivity contribution in [1.29, 1.82) is 0 Å². The molecule has 7 nitrogen and oxygen atoms in total. The van der Waals surface area contributed by atoms with E-state index in [-0.39, 0.29) is 35.2 Å². The van der Waals surface area contributed by atoms with E-state index in [1.165, 1.54) is 6.20 Å². The molecule has 184 valence electrons. The average molecular weight is 477 g/mol. The molecule has 0 bridgehead atoms. The number of nitrogens with zero attached hydrogens (tertiary/aromatic N) is 3. The molecule has 2 aromatic rings. The molecule has 0 aromatic carbocycles. The molecule has 5 rings (SSSR count). The summed E-state index contributed by atoms with van der Waals surface area (Å²) in [5.74, 6) is 0.0424. The van der Waals surface area contributed by atoms with Crippen LogP contribution in [0.25, 0.3) is 11.3 Å². The van der Waals surface area contributed by atoms with Crippen LogP contribution in [0.15, 0.2) is 12.4 Å². The number of hydrogen-bond donors (Lipinski definition) is 3. The van der Waals surface area contributed by atoms with Gasteiger partial charge in [0.15, 0.2) is 0 Å². The van der Waals surface area contributed by atoms with Gasteiger partial charge in [-0.25, -0.2) is 9.97 Å². The largest absolute Gasteiger partial charge is 0.419 e. The number of fused-ring (bicyclic) bond motifs is 1. The maximum Gasteiger partial charge on any atom is 0.419 e. The normalized spacial score (nSPS) is 23.3. The number of H-pyrrole nitrogens is 1. The van der Waals surface area contributed by atoms with Crippen molar-refractivity contribution in [3.8, 4) is 11.3 Å². The van der Waals surface area contributed by atoms with Crippen molar-refractivity contribution in [2.45, 2.75) is 82.6 Å². The molecule has 4 heterocycles. The number of carbonyl (C=O) groups excluding carboxylic acids is 1.